The van der Waals surface area contributed by atoms with Gasteiger partial charge >= 0.3 is 0 Å². The number of fused-ring (bicyclic) bond motifs is 1. The zero-order chi connectivity index (χ0) is 12.4. The smallest absolute Gasteiger partial charge is 0.253 e. The molecule has 1 aliphatic rings. The Kier molecular flexibility index (Phi) is 3.43. The second-order valence-corrected chi connectivity index (χ2v) is 4.43. The fraction of sp³-hybridized carbons (Fsp3) is 0.462. The first kappa shape index (κ1) is 12.0. The number of ether oxygens (including phenoxy) is 1. The predicted octanol–water partition coefficient (Wildman–Crippen LogP) is 2.14. The van der Waals surface area contributed by atoms with Gasteiger partial charge in [-0.25, -0.2) is 4.39 Å². The number of hydrogen-bond acceptors (Lipinski definition) is 2. The average Bonchev–Trinajstić information content (AvgIpc) is 2.68. The summed E-state index contributed by atoms with van der Waals surface area (Å²) in [7, 11) is 0. The SMILES string of the molecule is CC(C)OCC(=O)N1CCc2ccc(F)cc21. The van der Waals surface area contributed by atoms with Crippen molar-refractivity contribution in [1.82, 2.24) is 0 Å². The van der Waals surface area contributed by atoms with Crippen molar-refractivity contribution in [3.05, 3.63) is 29.6 Å². The summed E-state index contributed by atoms with van der Waals surface area (Å²) >= 11 is 0. The third kappa shape index (κ3) is 2.64. The number of hydrogen-bond donors (Lipinski definition) is 0. The average molecular weight is 237 g/mol. The molecule has 1 aliphatic heterocycles. The first-order valence-electron chi connectivity index (χ1n) is 5.78. The Hall–Kier alpha value is -1.42. The Morgan fingerprint density at radius 1 is 1.53 bits per heavy atom. The van der Waals surface area contributed by atoms with Crippen molar-refractivity contribution in [2.24, 2.45) is 0 Å². The van der Waals surface area contributed by atoms with Crippen molar-refractivity contribution < 1.29 is 13.9 Å². The molecule has 0 saturated heterocycles. The molecule has 0 atom stereocenters. The molecule has 0 unspecified atom stereocenters. The standard InChI is InChI=1S/C13H16FNO2/c1-9(2)17-8-13(16)15-6-5-10-3-4-11(14)7-12(10)15/h3-4,7,9H,5-6,8H2,1-2H3. The molecule has 2 rings (SSSR count). The molecule has 17 heavy (non-hydrogen) atoms. The van der Waals surface area contributed by atoms with Crippen LogP contribution in [0.2, 0.25) is 0 Å². The summed E-state index contributed by atoms with van der Waals surface area (Å²) in [6.07, 6.45) is 0.803. The van der Waals surface area contributed by atoms with Crippen LogP contribution in [0.3, 0.4) is 0 Å². The highest BCUT2D eigenvalue weighted by atomic mass is 19.1. The third-order valence-electron chi connectivity index (χ3n) is 2.78. The van der Waals surface area contributed by atoms with Gasteiger partial charge in [0.15, 0.2) is 0 Å². The van der Waals surface area contributed by atoms with Gasteiger partial charge in [-0.3, -0.25) is 4.79 Å². The first-order valence-corrected chi connectivity index (χ1v) is 5.78. The monoisotopic (exact) mass is 237 g/mol. The topological polar surface area (TPSA) is 29.5 Å². The first-order chi connectivity index (χ1) is 8.08. The minimum Gasteiger partial charge on any atom is -0.369 e. The number of rotatable bonds is 3. The molecule has 3 nitrogen and oxygen atoms in total. The minimum atomic E-state index is -0.312. The molecule has 1 aromatic rings. The van der Waals surface area contributed by atoms with Gasteiger partial charge in [0, 0.05) is 12.2 Å². The lowest BCUT2D eigenvalue weighted by molar-refractivity contribution is -0.124. The van der Waals surface area contributed by atoms with E-state index in [4.69, 9.17) is 4.74 Å². The van der Waals surface area contributed by atoms with Crippen LogP contribution in [0.5, 0.6) is 0 Å². The molecule has 0 radical (unpaired) electrons. The largest absolute Gasteiger partial charge is 0.369 e. The Morgan fingerprint density at radius 3 is 3.00 bits per heavy atom. The third-order valence-corrected chi connectivity index (χ3v) is 2.78. The maximum atomic E-state index is 13.1. The van der Waals surface area contributed by atoms with Crippen molar-refractivity contribution in [3.8, 4) is 0 Å². The number of anilines is 1. The van der Waals surface area contributed by atoms with Crippen molar-refractivity contribution in [1.29, 1.82) is 0 Å². The van der Waals surface area contributed by atoms with Gasteiger partial charge in [0.25, 0.3) is 5.91 Å². The normalized spacial score (nSPS) is 14.2. The predicted molar refractivity (Wildman–Crippen MR) is 63.5 cm³/mol. The fourth-order valence-electron chi connectivity index (χ4n) is 1.93. The van der Waals surface area contributed by atoms with Gasteiger partial charge in [-0.05, 0) is 38.0 Å². The van der Waals surface area contributed by atoms with Crippen molar-refractivity contribution in [2.45, 2.75) is 26.4 Å². The molecule has 1 heterocycles. The van der Waals surface area contributed by atoms with Crippen LogP contribution in [0.25, 0.3) is 0 Å². The zero-order valence-corrected chi connectivity index (χ0v) is 10.1. The molecule has 0 fully saturated rings. The quantitative estimate of drug-likeness (QED) is 0.806. The van der Waals surface area contributed by atoms with Crippen molar-refractivity contribution >= 4 is 11.6 Å². The van der Waals surface area contributed by atoms with Crippen LogP contribution in [-0.4, -0.2) is 25.2 Å². The Balaban J connectivity index is 2.10. The zero-order valence-electron chi connectivity index (χ0n) is 10.1. The van der Waals surface area contributed by atoms with E-state index in [9.17, 15) is 9.18 Å². The van der Waals surface area contributed by atoms with E-state index in [0.717, 1.165) is 12.0 Å². The summed E-state index contributed by atoms with van der Waals surface area (Å²) < 4.78 is 18.4. The van der Waals surface area contributed by atoms with Crippen LogP contribution < -0.4 is 4.90 Å². The van der Waals surface area contributed by atoms with Crippen LogP contribution in [0.4, 0.5) is 10.1 Å². The van der Waals surface area contributed by atoms with Crippen LogP contribution in [0, 0.1) is 5.82 Å². The Morgan fingerprint density at radius 2 is 2.29 bits per heavy atom. The van der Waals surface area contributed by atoms with E-state index in [1.165, 1.54) is 12.1 Å². The fourth-order valence-corrected chi connectivity index (χ4v) is 1.93. The van der Waals surface area contributed by atoms with E-state index in [-0.39, 0.29) is 24.4 Å². The molecule has 0 aromatic heterocycles. The van der Waals surface area contributed by atoms with E-state index < -0.39 is 0 Å². The van der Waals surface area contributed by atoms with Gasteiger partial charge in [-0.1, -0.05) is 6.07 Å². The maximum absolute atomic E-state index is 13.1. The van der Waals surface area contributed by atoms with Gasteiger partial charge < -0.3 is 9.64 Å². The van der Waals surface area contributed by atoms with E-state index >= 15 is 0 Å². The number of benzene rings is 1. The second-order valence-electron chi connectivity index (χ2n) is 4.43. The highest BCUT2D eigenvalue weighted by Gasteiger charge is 2.25. The van der Waals surface area contributed by atoms with Crippen molar-refractivity contribution in [3.63, 3.8) is 0 Å². The van der Waals surface area contributed by atoms with Crippen LogP contribution in [0.1, 0.15) is 19.4 Å². The molecule has 0 aliphatic carbocycles. The number of carbonyl (C=O) groups is 1. The summed E-state index contributed by atoms with van der Waals surface area (Å²) in [6, 6.07) is 4.58. The van der Waals surface area contributed by atoms with Crippen molar-refractivity contribution in [2.75, 3.05) is 18.1 Å². The lowest BCUT2D eigenvalue weighted by Gasteiger charge is -2.18. The number of halogens is 1. The van der Waals surface area contributed by atoms with Gasteiger partial charge in [0.05, 0.1) is 6.10 Å². The highest BCUT2D eigenvalue weighted by molar-refractivity contribution is 5.96. The number of amides is 1. The summed E-state index contributed by atoms with van der Waals surface area (Å²) in [5.74, 6) is -0.420. The second kappa shape index (κ2) is 4.84. The molecular formula is C13H16FNO2. The maximum Gasteiger partial charge on any atom is 0.253 e. The van der Waals surface area contributed by atoms with Gasteiger partial charge in [-0.15, -0.1) is 0 Å². The molecule has 0 saturated carbocycles. The molecule has 0 spiro atoms. The minimum absolute atomic E-state index is 0.0218. The molecule has 1 aromatic carbocycles. The van der Waals surface area contributed by atoms with Crippen LogP contribution >= 0.6 is 0 Å². The van der Waals surface area contributed by atoms with E-state index in [1.54, 1.807) is 11.0 Å². The molecule has 1 amide bonds. The lowest BCUT2D eigenvalue weighted by Crippen LogP contribution is -2.33. The molecule has 4 heteroatoms. The van der Waals surface area contributed by atoms with Crippen LogP contribution in [-0.2, 0) is 16.0 Å². The highest BCUT2D eigenvalue weighted by Crippen LogP contribution is 2.28. The van der Waals surface area contributed by atoms with E-state index in [0.29, 0.717) is 12.2 Å². The Labute approximate surface area is 100 Å². The summed E-state index contributed by atoms with van der Waals surface area (Å²) in [5.41, 5.74) is 1.70. The Bertz CT molecular complexity index is 431. The van der Waals surface area contributed by atoms with Gasteiger partial charge in [-0.2, -0.15) is 0 Å². The molecule has 92 valence electrons. The van der Waals surface area contributed by atoms with Gasteiger partial charge in [0.1, 0.15) is 12.4 Å². The summed E-state index contributed by atoms with van der Waals surface area (Å²) in [5, 5.41) is 0. The number of nitrogens with zero attached hydrogens (tertiary/aromatic N) is 1. The van der Waals surface area contributed by atoms with Crippen LogP contribution in [0.15, 0.2) is 18.2 Å². The molecule has 0 N–H and O–H groups in total. The van der Waals surface area contributed by atoms with Gasteiger partial charge in [0.2, 0.25) is 0 Å². The lowest BCUT2D eigenvalue weighted by atomic mass is 10.2. The van der Waals surface area contributed by atoms with E-state index in [1.807, 2.05) is 13.8 Å². The summed E-state index contributed by atoms with van der Waals surface area (Å²) in [6.45, 7) is 4.42. The summed E-state index contributed by atoms with van der Waals surface area (Å²) in [4.78, 5) is 13.5. The van der Waals surface area contributed by atoms with E-state index in [2.05, 4.69) is 0 Å². The molecule has 0 bridgehead atoms. The molecular weight excluding hydrogens is 221 g/mol. The number of carbonyl (C=O) groups excluding carboxylic acids is 1.